The van der Waals surface area contributed by atoms with Crippen LogP contribution in [0.5, 0.6) is 11.5 Å². The van der Waals surface area contributed by atoms with E-state index in [0.29, 0.717) is 61.0 Å². The fraction of sp³-hybridized carbons (Fsp3) is 0.533. The third kappa shape index (κ3) is 8.75. The molecule has 3 aromatic rings. The van der Waals surface area contributed by atoms with Gasteiger partial charge in [0.25, 0.3) is 5.91 Å². The van der Waals surface area contributed by atoms with Crippen molar-refractivity contribution in [1.82, 2.24) is 24.4 Å². The molecule has 2 saturated heterocycles. The number of amides is 4. The topological polar surface area (TPSA) is 162 Å². The molecule has 6 atom stereocenters. The summed E-state index contributed by atoms with van der Waals surface area (Å²) in [7, 11) is 1.59. The Bertz CT molecular complexity index is 2100. The summed E-state index contributed by atoms with van der Waals surface area (Å²) in [4.78, 5) is 65.7. The van der Waals surface area contributed by atoms with Gasteiger partial charge in [0.15, 0.2) is 0 Å². The summed E-state index contributed by atoms with van der Waals surface area (Å²) in [5.74, 6) is -1.05. The van der Waals surface area contributed by atoms with E-state index >= 15 is 0 Å². The fourth-order valence-corrected chi connectivity index (χ4v) is 10.3. The normalized spacial score (nSPS) is 25.3. The molecule has 314 valence electrons. The number of nitrogens with one attached hydrogen (secondary N) is 1. The second-order valence-electron chi connectivity index (χ2n) is 17.1. The number of methoxy groups -OCH3 is 1. The van der Waals surface area contributed by atoms with Gasteiger partial charge in [-0.2, -0.15) is 0 Å². The number of hydrogen-bond acceptors (Lipinski definition) is 9. The molecule has 8 rings (SSSR count). The van der Waals surface area contributed by atoms with Crippen molar-refractivity contribution in [3.05, 3.63) is 67.3 Å². The van der Waals surface area contributed by atoms with Crippen LogP contribution in [0.2, 0.25) is 0 Å². The van der Waals surface area contributed by atoms with Gasteiger partial charge in [-0.15, -0.1) is 6.58 Å². The highest BCUT2D eigenvalue weighted by Gasteiger charge is 2.63. The molecule has 59 heavy (non-hydrogen) atoms. The largest absolute Gasteiger partial charge is 0.755 e. The molecule has 5 aliphatic rings. The number of pyridine rings is 1. The second kappa shape index (κ2) is 17.4. The maximum Gasteiger partial charge on any atom is 0.260 e. The fourth-order valence-electron chi connectivity index (χ4n) is 9.54. The monoisotopic (exact) mass is 824 g/mol. The highest BCUT2D eigenvalue weighted by Crippen LogP contribution is 2.48. The predicted molar refractivity (Wildman–Crippen MR) is 221 cm³/mol. The van der Waals surface area contributed by atoms with Crippen molar-refractivity contribution in [2.24, 2.45) is 17.8 Å². The molecule has 1 unspecified atom stereocenters. The van der Waals surface area contributed by atoms with Crippen molar-refractivity contribution < 1.29 is 37.4 Å². The molecule has 0 radical (unpaired) electrons. The lowest BCUT2D eigenvalue weighted by Gasteiger charge is -2.33. The molecule has 0 spiro atoms. The Kier molecular flexibility index (Phi) is 12.1. The van der Waals surface area contributed by atoms with Gasteiger partial charge >= 0.3 is 0 Å². The van der Waals surface area contributed by atoms with E-state index in [1.165, 1.54) is 4.90 Å². The number of ether oxygens (including phenoxy) is 2. The van der Waals surface area contributed by atoms with Gasteiger partial charge in [-0.3, -0.25) is 27.7 Å². The van der Waals surface area contributed by atoms with Crippen LogP contribution in [0.1, 0.15) is 83.5 Å². The van der Waals surface area contributed by atoms with Crippen LogP contribution >= 0.6 is 0 Å². The minimum absolute atomic E-state index is 0.00668. The van der Waals surface area contributed by atoms with Gasteiger partial charge in [-0.1, -0.05) is 62.1 Å². The number of benzene rings is 2. The average Bonchev–Trinajstić information content (AvgIpc) is 4.10. The third-order valence-corrected chi connectivity index (χ3v) is 13.8. The van der Waals surface area contributed by atoms with Gasteiger partial charge < -0.3 is 29.1 Å². The summed E-state index contributed by atoms with van der Waals surface area (Å²) < 4.78 is 37.7. The van der Waals surface area contributed by atoms with Crippen LogP contribution in [-0.4, -0.2) is 102 Å². The molecule has 4 amide bonds. The highest BCUT2D eigenvalue weighted by atomic mass is 32.2. The third-order valence-electron chi connectivity index (χ3n) is 13.0. The lowest BCUT2D eigenvalue weighted by molar-refractivity contribution is -0.145. The zero-order valence-electron chi connectivity index (χ0n) is 33.7. The Morgan fingerprint density at radius 3 is 2.44 bits per heavy atom. The molecule has 2 aliphatic heterocycles. The Morgan fingerprint density at radius 1 is 1.03 bits per heavy atom. The summed E-state index contributed by atoms with van der Waals surface area (Å²) in [6, 6.07) is 15.6. The van der Waals surface area contributed by atoms with Crippen LogP contribution < -0.4 is 14.8 Å². The van der Waals surface area contributed by atoms with E-state index in [2.05, 4.69) is 11.9 Å². The molecule has 5 fully saturated rings. The Morgan fingerprint density at radius 2 is 1.78 bits per heavy atom. The number of hydrogen-bond donors (Lipinski definition) is 1. The molecule has 3 heterocycles. The first-order valence-electron chi connectivity index (χ1n) is 21.2. The molecule has 2 aromatic carbocycles. The zero-order valence-corrected chi connectivity index (χ0v) is 34.5. The van der Waals surface area contributed by atoms with E-state index < -0.39 is 58.6 Å². The Hall–Kier alpha value is -4.82. The van der Waals surface area contributed by atoms with Gasteiger partial charge in [0.2, 0.25) is 17.7 Å². The molecule has 14 heteroatoms. The van der Waals surface area contributed by atoms with Crippen molar-refractivity contribution in [2.45, 2.75) is 107 Å². The van der Waals surface area contributed by atoms with E-state index in [-0.39, 0.29) is 37.6 Å². The quantitative estimate of drug-likeness (QED) is 0.150. The standard InChI is InChI=1S/C45H55N5O8S/c1-3-32-27-45(32,44(54)50(59(55)56)33-16-17-33)47-42(52)39-25-35(58-40-26-37(30-14-6-4-7-15-30)46-38-24-34(57-2)18-19-36(38)40)28-49(39)41(51)23-31(22-29-12-8-9-13-29)43(53)48-20-10-5-11-21-48/h3-4,6-7,14-15,18-19,24,26,29,31-33,35,39H,1,5,8-13,16-17,20-23,25,27-28H2,2H3,(H,47,52)(H,55,56)/p-1/t31-,32+,35-,39+,45-/m1/s1. The minimum Gasteiger partial charge on any atom is -0.755 e. The van der Waals surface area contributed by atoms with Gasteiger partial charge in [0, 0.05) is 66.9 Å². The SMILES string of the molecule is C=C[C@H]1C[C@]1(NC(=O)[C@@H]1C[C@@H](Oc2cc(-c3ccccc3)nc3cc(OC)ccc23)CN1C(=O)C[C@@H](CC1CCCC1)C(=O)N1CCCCC1)C(=O)N(C1CC1)S(=O)[O-]. The van der Waals surface area contributed by atoms with Gasteiger partial charge in [0.1, 0.15) is 29.2 Å². The van der Waals surface area contributed by atoms with Crippen molar-refractivity contribution in [1.29, 1.82) is 0 Å². The average molecular weight is 825 g/mol. The molecule has 1 aromatic heterocycles. The van der Waals surface area contributed by atoms with Crippen molar-refractivity contribution in [3.63, 3.8) is 0 Å². The summed E-state index contributed by atoms with van der Waals surface area (Å²) >= 11 is -2.82. The van der Waals surface area contributed by atoms with Crippen LogP contribution in [0, 0.1) is 17.8 Å². The van der Waals surface area contributed by atoms with E-state index in [1.807, 2.05) is 59.5 Å². The maximum absolute atomic E-state index is 14.7. The first-order chi connectivity index (χ1) is 28.6. The second-order valence-corrected chi connectivity index (χ2v) is 17.9. The molecule has 3 saturated carbocycles. The maximum atomic E-state index is 14.7. The van der Waals surface area contributed by atoms with E-state index in [1.54, 1.807) is 13.2 Å². The van der Waals surface area contributed by atoms with Crippen LogP contribution in [0.4, 0.5) is 0 Å². The first-order valence-corrected chi connectivity index (χ1v) is 22.3. The van der Waals surface area contributed by atoms with Gasteiger partial charge in [-0.25, -0.2) is 4.98 Å². The van der Waals surface area contributed by atoms with Crippen LogP contribution in [0.15, 0.2) is 67.3 Å². The highest BCUT2D eigenvalue weighted by molar-refractivity contribution is 7.77. The molecule has 1 N–H and O–H groups in total. The summed E-state index contributed by atoms with van der Waals surface area (Å²) in [6.07, 6.45) is 10.2. The van der Waals surface area contributed by atoms with Crippen molar-refractivity contribution in [3.8, 4) is 22.8 Å². The lowest BCUT2D eigenvalue weighted by atomic mass is 9.88. The van der Waals surface area contributed by atoms with Crippen LogP contribution in [-0.2, 0) is 30.4 Å². The number of aromatic nitrogens is 1. The number of carbonyl (C=O) groups excluding carboxylic acids is 4. The number of nitrogens with zero attached hydrogens (tertiary/aromatic N) is 4. The predicted octanol–water partition coefficient (Wildman–Crippen LogP) is 5.70. The van der Waals surface area contributed by atoms with Crippen LogP contribution in [0.3, 0.4) is 0 Å². The lowest BCUT2D eigenvalue weighted by Crippen LogP contribution is -2.57. The zero-order chi connectivity index (χ0) is 41.3. The number of piperidine rings is 1. The minimum atomic E-state index is -2.82. The van der Waals surface area contributed by atoms with Crippen molar-refractivity contribution in [2.75, 3.05) is 26.7 Å². The molecule has 13 nitrogen and oxygen atoms in total. The number of likely N-dealkylation sites (tertiary alicyclic amines) is 2. The first kappa shape index (κ1) is 40.9. The summed E-state index contributed by atoms with van der Waals surface area (Å²) in [6.45, 7) is 5.29. The summed E-state index contributed by atoms with van der Waals surface area (Å²) in [5.41, 5.74) is 0.709. The molecule has 3 aliphatic carbocycles. The number of fused-ring (bicyclic) bond motifs is 1. The number of rotatable bonds is 15. The Labute approximate surface area is 348 Å². The van der Waals surface area contributed by atoms with Gasteiger partial charge in [0.05, 0.1) is 36.1 Å². The molecule has 0 bridgehead atoms. The molecular formula is C45H54N5O8S-. The molecular weight excluding hydrogens is 771 g/mol. The van der Waals surface area contributed by atoms with Crippen LogP contribution in [0.25, 0.3) is 22.2 Å². The Balaban J connectivity index is 1.10. The number of carbonyl (C=O) groups is 4. The van der Waals surface area contributed by atoms with E-state index in [9.17, 15) is 27.9 Å². The summed E-state index contributed by atoms with van der Waals surface area (Å²) in [5, 5.41) is 3.66. The van der Waals surface area contributed by atoms with Gasteiger partial charge in [-0.05, 0) is 63.0 Å². The van der Waals surface area contributed by atoms with E-state index in [4.69, 9.17) is 14.5 Å². The van der Waals surface area contributed by atoms with E-state index in [0.717, 1.165) is 60.2 Å². The van der Waals surface area contributed by atoms with Crippen molar-refractivity contribution >= 4 is 45.8 Å². The smallest absolute Gasteiger partial charge is 0.260 e.